The summed E-state index contributed by atoms with van der Waals surface area (Å²) in [6.07, 6.45) is 1.73. The van der Waals surface area contributed by atoms with Crippen molar-refractivity contribution in [2.45, 2.75) is 6.54 Å². The van der Waals surface area contributed by atoms with Crippen LogP contribution in [-0.4, -0.2) is 17.6 Å². The third-order valence-corrected chi connectivity index (χ3v) is 3.05. The van der Waals surface area contributed by atoms with Crippen molar-refractivity contribution < 1.29 is 9.53 Å². The number of rotatable bonds is 3. The first-order chi connectivity index (χ1) is 8.60. The summed E-state index contributed by atoms with van der Waals surface area (Å²) in [5, 5.41) is 0. The van der Waals surface area contributed by atoms with E-state index in [9.17, 15) is 4.79 Å². The van der Waals surface area contributed by atoms with E-state index in [0.717, 1.165) is 10.0 Å². The lowest BCUT2D eigenvalue weighted by Gasteiger charge is -2.07. The zero-order chi connectivity index (χ0) is 13.1. The van der Waals surface area contributed by atoms with Crippen LogP contribution in [0.1, 0.15) is 16.1 Å². The largest absolute Gasteiger partial charge is 0.464 e. The summed E-state index contributed by atoms with van der Waals surface area (Å²) < 4.78 is 7.51. The van der Waals surface area contributed by atoms with Gasteiger partial charge in [0, 0.05) is 17.2 Å². The Morgan fingerprint density at radius 3 is 2.89 bits per heavy atom. The summed E-state index contributed by atoms with van der Waals surface area (Å²) >= 11 is 3.42. The summed E-state index contributed by atoms with van der Waals surface area (Å²) in [6, 6.07) is 9.50. The van der Waals surface area contributed by atoms with Crippen molar-refractivity contribution in [1.29, 1.82) is 0 Å². The van der Waals surface area contributed by atoms with Crippen LogP contribution in [0.5, 0.6) is 0 Å². The fraction of sp³-hybridized carbons (Fsp3) is 0.154. The third-order valence-electron chi connectivity index (χ3n) is 2.55. The number of benzene rings is 1. The van der Waals surface area contributed by atoms with Crippen molar-refractivity contribution in [1.82, 2.24) is 4.57 Å². The van der Waals surface area contributed by atoms with E-state index in [1.54, 1.807) is 16.8 Å². The zero-order valence-electron chi connectivity index (χ0n) is 9.89. The molecule has 0 radical (unpaired) electrons. The van der Waals surface area contributed by atoms with Gasteiger partial charge < -0.3 is 15.0 Å². The highest BCUT2D eigenvalue weighted by Crippen LogP contribution is 2.17. The number of hydrogen-bond donors (Lipinski definition) is 1. The minimum Gasteiger partial charge on any atom is -0.464 e. The van der Waals surface area contributed by atoms with Crippen molar-refractivity contribution >= 4 is 27.6 Å². The van der Waals surface area contributed by atoms with Gasteiger partial charge in [-0.3, -0.25) is 0 Å². The first kappa shape index (κ1) is 12.7. The van der Waals surface area contributed by atoms with E-state index < -0.39 is 0 Å². The lowest BCUT2D eigenvalue weighted by Crippen LogP contribution is -2.10. The van der Waals surface area contributed by atoms with Gasteiger partial charge in [0.2, 0.25) is 0 Å². The van der Waals surface area contributed by atoms with Crippen LogP contribution in [0.3, 0.4) is 0 Å². The van der Waals surface area contributed by atoms with Gasteiger partial charge in [-0.15, -0.1) is 0 Å². The first-order valence-corrected chi connectivity index (χ1v) is 6.18. The van der Waals surface area contributed by atoms with Crippen LogP contribution < -0.4 is 5.73 Å². The highest BCUT2D eigenvalue weighted by atomic mass is 79.9. The Bertz CT molecular complexity index is 578. The number of carbonyl (C=O) groups is 1. The molecule has 0 aliphatic rings. The lowest BCUT2D eigenvalue weighted by atomic mass is 10.2. The Hall–Kier alpha value is -1.75. The van der Waals surface area contributed by atoms with E-state index >= 15 is 0 Å². The molecule has 1 heterocycles. The Labute approximate surface area is 113 Å². The molecule has 1 aromatic heterocycles. The molecule has 94 valence electrons. The van der Waals surface area contributed by atoms with Gasteiger partial charge in [-0.25, -0.2) is 4.79 Å². The average molecular weight is 309 g/mol. The molecular formula is C13H13BrN2O2. The zero-order valence-corrected chi connectivity index (χ0v) is 11.5. The van der Waals surface area contributed by atoms with Crippen LogP contribution in [0.15, 0.2) is 41.0 Å². The van der Waals surface area contributed by atoms with E-state index in [2.05, 4.69) is 15.9 Å². The second kappa shape index (κ2) is 5.27. The van der Waals surface area contributed by atoms with Gasteiger partial charge in [-0.2, -0.15) is 0 Å². The summed E-state index contributed by atoms with van der Waals surface area (Å²) in [7, 11) is 1.36. The smallest absolute Gasteiger partial charge is 0.354 e. The molecule has 5 heteroatoms. The maximum atomic E-state index is 11.6. The van der Waals surface area contributed by atoms with E-state index in [4.69, 9.17) is 10.5 Å². The van der Waals surface area contributed by atoms with E-state index in [1.165, 1.54) is 7.11 Å². The number of nitrogen functional groups attached to an aromatic ring is 1. The molecule has 0 fully saturated rings. The molecule has 0 saturated carbocycles. The Kier molecular flexibility index (Phi) is 3.72. The second-order valence-electron chi connectivity index (χ2n) is 3.91. The molecule has 2 aromatic rings. The van der Waals surface area contributed by atoms with E-state index in [0.29, 0.717) is 17.9 Å². The number of carbonyl (C=O) groups excluding carboxylic acids is 1. The number of aromatic nitrogens is 1. The van der Waals surface area contributed by atoms with E-state index in [1.807, 2.05) is 24.3 Å². The number of anilines is 1. The van der Waals surface area contributed by atoms with Crippen molar-refractivity contribution in [2.24, 2.45) is 0 Å². The Morgan fingerprint density at radius 1 is 1.44 bits per heavy atom. The third kappa shape index (κ3) is 2.73. The van der Waals surface area contributed by atoms with Crippen LogP contribution in [0, 0.1) is 0 Å². The van der Waals surface area contributed by atoms with Crippen LogP contribution in [0.2, 0.25) is 0 Å². The van der Waals surface area contributed by atoms with Crippen molar-refractivity contribution in [2.75, 3.05) is 12.8 Å². The molecule has 2 rings (SSSR count). The standard InChI is InChI=1S/C13H13BrN2O2/c1-18-13(17)12-6-11(15)8-16(12)7-9-3-2-4-10(14)5-9/h2-6,8H,7,15H2,1H3. The molecule has 0 spiro atoms. The van der Waals surface area contributed by atoms with Gasteiger partial charge >= 0.3 is 5.97 Å². The number of halogens is 1. The van der Waals surface area contributed by atoms with Gasteiger partial charge in [0.25, 0.3) is 0 Å². The van der Waals surface area contributed by atoms with Gasteiger partial charge in [0.15, 0.2) is 0 Å². The van der Waals surface area contributed by atoms with Crippen LogP contribution >= 0.6 is 15.9 Å². The molecule has 0 bridgehead atoms. The van der Waals surface area contributed by atoms with Gasteiger partial charge in [0.1, 0.15) is 5.69 Å². The monoisotopic (exact) mass is 308 g/mol. The van der Waals surface area contributed by atoms with Gasteiger partial charge in [-0.1, -0.05) is 28.1 Å². The molecule has 0 saturated heterocycles. The average Bonchev–Trinajstić information content (AvgIpc) is 2.69. The summed E-state index contributed by atoms with van der Waals surface area (Å²) in [6.45, 7) is 0.571. The quantitative estimate of drug-likeness (QED) is 0.887. The lowest BCUT2D eigenvalue weighted by molar-refractivity contribution is 0.0589. The van der Waals surface area contributed by atoms with Crippen LogP contribution in [0.25, 0.3) is 0 Å². The maximum absolute atomic E-state index is 11.6. The highest BCUT2D eigenvalue weighted by Gasteiger charge is 2.13. The molecule has 0 amide bonds. The molecule has 0 aliphatic carbocycles. The molecule has 0 unspecified atom stereocenters. The molecule has 0 atom stereocenters. The minimum absolute atomic E-state index is 0.387. The number of hydrogen-bond acceptors (Lipinski definition) is 3. The fourth-order valence-electron chi connectivity index (χ4n) is 1.77. The number of ether oxygens (including phenoxy) is 1. The van der Waals surface area contributed by atoms with Crippen LogP contribution in [-0.2, 0) is 11.3 Å². The molecular weight excluding hydrogens is 296 g/mol. The molecule has 0 aliphatic heterocycles. The predicted octanol–water partition coefficient (Wildman–Crippen LogP) is 2.67. The Balaban J connectivity index is 2.31. The molecule has 4 nitrogen and oxygen atoms in total. The Morgan fingerprint density at radius 2 is 2.22 bits per heavy atom. The predicted molar refractivity (Wildman–Crippen MR) is 73.4 cm³/mol. The highest BCUT2D eigenvalue weighted by molar-refractivity contribution is 9.10. The van der Waals surface area contributed by atoms with Crippen LogP contribution in [0.4, 0.5) is 5.69 Å². The minimum atomic E-state index is -0.387. The van der Waals surface area contributed by atoms with Crippen molar-refractivity contribution in [3.63, 3.8) is 0 Å². The topological polar surface area (TPSA) is 57.2 Å². The summed E-state index contributed by atoms with van der Waals surface area (Å²) in [4.78, 5) is 11.6. The van der Waals surface area contributed by atoms with Crippen molar-refractivity contribution in [3.8, 4) is 0 Å². The summed E-state index contributed by atoms with van der Waals surface area (Å²) in [5.41, 5.74) is 7.79. The van der Waals surface area contributed by atoms with E-state index in [-0.39, 0.29) is 5.97 Å². The van der Waals surface area contributed by atoms with Gasteiger partial charge in [-0.05, 0) is 23.8 Å². The SMILES string of the molecule is COC(=O)c1cc(N)cn1Cc1cccc(Br)c1. The number of nitrogens with zero attached hydrogens (tertiary/aromatic N) is 1. The maximum Gasteiger partial charge on any atom is 0.354 e. The van der Waals surface area contributed by atoms with Crippen molar-refractivity contribution in [3.05, 3.63) is 52.3 Å². The first-order valence-electron chi connectivity index (χ1n) is 5.38. The second-order valence-corrected chi connectivity index (χ2v) is 4.82. The number of methoxy groups -OCH3 is 1. The summed E-state index contributed by atoms with van der Waals surface area (Å²) in [5.74, 6) is -0.387. The molecule has 1 aromatic carbocycles. The van der Waals surface area contributed by atoms with Gasteiger partial charge in [0.05, 0.1) is 12.8 Å². The normalized spacial score (nSPS) is 10.3. The number of esters is 1. The molecule has 2 N–H and O–H groups in total. The molecule has 18 heavy (non-hydrogen) atoms. The fourth-order valence-corrected chi connectivity index (χ4v) is 2.22. The number of nitrogens with two attached hydrogens (primary N) is 1.